The van der Waals surface area contributed by atoms with Crippen LogP contribution in [0, 0.1) is 11.8 Å². The van der Waals surface area contributed by atoms with Crippen LogP contribution in [0.15, 0.2) is 0 Å². The zero-order chi connectivity index (χ0) is 9.56. The maximum atomic E-state index is 6.03. The molecule has 1 heteroatoms. The van der Waals surface area contributed by atoms with Crippen molar-refractivity contribution in [2.75, 3.05) is 0 Å². The predicted octanol–water partition coefficient (Wildman–Crippen LogP) is 3.19. The summed E-state index contributed by atoms with van der Waals surface area (Å²) in [5.41, 5.74) is 6.03. The lowest BCUT2D eigenvalue weighted by Crippen LogP contribution is -2.24. The van der Waals surface area contributed by atoms with Crippen molar-refractivity contribution < 1.29 is 0 Å². The Balaban J connectivity index is 3.51. The van der Waals surface area contributed by atoms with Crippen molar-refractivity contribution in [2.24, 2.45) is 17.6 Å². The average Bonchev–Trinajstić information content (AvgIpc) is 2.03. The van der Waals surface area contributed by atoms with Gasteiger partial charge in [-0.05, 0) is 24.7 Å². The average molecular weight is 171 g/mol. The normalized spacial score (nSPS) is 18.8. The maximum Gasteiger partial charge on any atom is 0.00438 e. The number of rotatable bonds is 6. The standard InChI is InChI=1S/C11H25N/c1-5-9(3)7-11(12)8-10(4)6-2/h9-11H,5-8,12H2,1-4H3. The van der Waals surface area contributed by atoms with Crippen LogP contribution in [0.25, 0.3) is 0 Å². The van der Waals surface area contributed by atoms with Gasteiger partial charge in [-0.1, -0.05) is 40.5 Å². The third kappa shape index (κ3) is 5.59. The minimum atomic E-state index is 0.426. The van der Waals surface area contributed by atoms with E-state index in [9.17, 15) is 0 Å². The van der Waals surface area contributed by atoms with E-state index in [1.165, 1.54) is 25.7 Å². The molecule has 0 amide bonds. The molecule has 0 saturated heterocycles. The van der Waals surface area contributed by atoms with Gasteiger partial charge in [0.25, 0.3) is 0 Å². The highest BCUT2D eigenvalue weighted by atomic mass is 14.6. The second-order valence-corrected chi connectivity index (χ2v) is 4.26. The third-order valence-corrected chi connectivity index (χ3v) is 2.80. The molecule has 0 radical (unpaired) electrons. The number of hydrogen-bond acceptors (Lipinski definition) is 1. The van der Waals surface area contributed by atoms with Crippen molar-refractivity contribution in [3.8, 4) is 0 Å². The van der Waals surface area contributed by atoms with E-state index in [2.05, 4.69) is 27.7 Å². The zero-order valence-corrected chi connectivity index (χ0v) is 9.14. The van der Waals surface area contributed by atoms with Gasteiger partial charge in [0.2, 0.25) is 0 Å². The van der Waals surface area contributed by atoms with Crippen molar-refractivity contribution in [1.29, 1.82) is 0 Å². The van der Waals surface area contributed by atoms with Gasteiger partial charge < -0.3 is 5.73 Å². The molecule has 74 valence electrons. The summed E-state index contributed by atoms with van der Waals surface area (Å²) in [5.74, 6) is 1.59. The Morgan fingerprint density at radius 1 is 0.917 bits per heavy atom. The van der Waals surface area contributed by atoms with Crippen LogP contribution in [0.3, 0.4) is 0 Å². The van der Waals surface area contributed by atoms with Crippen LogP contribution in [0.1, 0.15) is 53.4 Å². The molecule has 0 aromatic carbocycles. The molecule has 1 nitrogen and oxygen atoms in total. The first kappa shape index (κ1) is 12.0. The molecule has 2 atom stereocenters. The molecule has 0 aliphatic carbocycles. The molecular weight excluding hydrogens is 146 g/mol. The van der Waals surface area contributed by atoms with Gasteiger partial charge in [-0.2, -0.15) is 0 Å². The summed E-state index contributed by atoms with van der Waals surface area (Å²) in [5, 5.41) is 0. The van der Waals surface area contributed by atoms with E-state index in [0.29, 0.717) is 6.04 Å². The number of nitrogens with two attached hydrogens (primary N) is 1. The van der Waals surface area contributed by atoms with Gasteiger partial charge in [-0.3, -0.25) is 0 Å². The lowest BCUT2D eigenvalue weighted by atomic mass is 9.92. The molecule has 0 rings (SSSR count). The topological polar surface area (TPSA) is 26.0 Å². The molecule has 0 heterocycles. The molecule has 0 bridgehead atoms. The van der Waals surface area contributed by atoms with E-state index < -0.39 is 0 Å². The predicted molar refractivity (Wildman–Crippen MR) is 56.1 cm³/mol. The van der Waals surface area contributed by atoms with Crippen LogP contribution in [-0.2, 0) is 0 Å². The summed E-state index contributed by atoms with van der Waals surface area (Å²) in [4.78, 5) is 0. The lowest BCUT2D eigenvalue weighted by Gasteiger charge is -2.18. The first-order chi connectivity index (χ1) is 5.60. The molecule has 12 heavy (non-hydrogen) atoms. The molecule has 0 fully saturated rings. The molecule has 0 spiro atoms. The monoisotopic (exact) mass is 171 g/mol. The van der Waals surface area contributed by atoms with Crippen molar-refractivity contribution in [3.63, 3.8) is 0 Å². The van der Waals surface area contributed by atoms with Gasteiger partial charge in [0.1, 0.15) is 0 Å². The Morgan fingerprint density at radius 2 is 1.25 bits per heavy atom. The van der Waals surface area contributed by atoms with Gasteiger partial charge >= 0.3 is 0 Å². The maximum absolute atomic E-state index is 6.03. The molecule has 0 aromatic rings. The first-order valence-electron chi connectivity index (χ1n) is 5.35. The highest BCUT2D eigenvalue weighted by Gasteiger charge is 2.10. The van der Waals surface area contributed by atoms with Crippen LogP contribution in [0.4, 0.5) is 0 Å². The molecule has 0 aliphatic heterocycles. The Kier molecular flexibility index (Phi) is 6.45. The molecule has 0 aromatic heterocycles. The summed E-state index contributed by atoms with van der Waals surface area (Å²) in [6.45, 7) is 9.05. The van der Waals surface area contributed by atoms with E-state index >= 15 is 0 Å². The summed E-state index contributed by atoms with van der Waals surface area (Å²) in [6, 6.07) is 0.426. The fourth-order valence-electron chi connectivity index (χ4n) is 1.46. The zero-order valence-electron chi connectivity index (χ0n) is 9.14. The molecule has 2 unspecified atom stereocenters. The van der Waals surface area contributed by atoms with Crippen molar-refractivity contribution in [1.82, 2.24) is 0 Å². The van der Waals surface area contributed by atoms with E-state index in [4.69, 9.17) is 5.73 Å². The van der Waals surface area contributed by atoms with Crippen LogP contribution in [0.5, 0.6) is 0 Å². The minimum Gasteiger partial charge on any atom is -0.328 e. The Hall–Kier alpha value is -0.0400. The van der Waals surface area contributed by atoms with Crippen molar-refractivity contribution in [3.05, 3.63) is 0 Å². The molecule has 0 aliphatic rings. The van der Waals surface area contributed by atoms with E-state index in [1.807, 2.05) is 0 Å². The van der Waals surface area contributed by atoms with Crippen LogP contribution in [0.2, 0.25) is 0 Å². The second-order valence-electron chi connectivity index (χ2n) is 4.26. The van der Waals surface area contributed by atoms with Crippen LogP contribution < -0.4 is 5.73 Å². The fourth-order valence-corrected chi connectivity index (χ4v) is 1.46. The largest absolute Gasteiger partial charge is 0.328 e. The summed E-state index contributed by atoms with van der Waals surface area (Å²) in [7, 11) is 0. The summed E-state index contributed by atoms with van der Waals surface area (Å²) < 4.78 is 0. The number of hydrogen-bond donors (Lipinski definition) is 1. The van der Waals surface area contributed by atoms with E-state index in [1.54, 1.807) is 0 Å². The molecular formula is C11H25N. The quantitative estimate of drug-likeness (QED) is 0.652. The Morgan fingerprint density at radius 3 is 1.50 bits per heavy atom. The lowest BCUT2D eigenvalue weighted by molar-refractivity contribution is 0.381. The third-order valence-electron chi connectivity index (χ3n) is 2.80. The smallest absolute Gasteiger partial charge is 0.00438 e. The Bertz CT molecular complexity index is 89.2. The van der Waals surface area contributed by atoms with Gasteiger partial charge in [-0.15, -0.1) is 0 Å². The van der Waals surface area contributed by atoms with Crippen LogP contribution in [-0.4, -0.2) is 6.04 Å². The van der Waals surface area contributed by atoms with Crippen LogP contribution >= 0.6 is 0 Å². The highest BCUT2D eigenvalue weighted by molar-refractivity contribution is 4.67. The van der Waals surface area contributed by atoms with E-state index in [0.717, 1.165) is 11.8 Å². The van der Waals surface area contributed by atoms with E-state index in [-0.39, 0.29) is 0 Å². The molecule has 0 saturated carbocycles. The van der Waals surface area contributed by atoms with Gasteiger partial charge in [-0.25, -0.2) is 0 Å². The summed E-state index contributed by atoms with van der Waals surface area (Å²) in [6.07, 6.45) is 4.91. The second kappa shape index (κ2) is 6.47. The van der Waals surface area contributed by atoms with Gasteiger partial charge in [0, 0.05) is 6.04 Å². The summed E-state index contributed by atoms with van der Waals surface area (Å²) >= 11 is 0. The fraction of sp³-hybridized carbons (Fsp3) is 1.00. The van der Waals surface area contributed by atoms with Crippen molar-refractivity contribution >= 4 is 0 Å². The Labute approximate surface area is 77.7 Å². The first-order valence-corrected chi connectivity index (χ1v) is 5.35. The minimum absolute atomic E-state index is 0.426. The molecule has 2 N–H and O–H groups in total. The highest BCUT2D eigenvalue weighted by Crippen LogP contribution is 2.15. The van der Waals surface area contributed by atoms with Gasteiger partial charge in [0.15, 0.2) is 0 Å². The SMILES string of the molecule is CCC(C)CC(N)CC(C)CC. The van der Waals surface area contributed by atoms with Crippen molar-refractivity contribution in [2.45, 2.75) is 59.4 Å². The van der Waals surface area contributed by atoms with Gasteiger partial charge in [0.05, 0.1) is 0 Å².